The molecule has 1 aromatic heterocycles. The number of carbonyl (C=O) groups is 1. The Hall–Kier alpha value is -1.45. The lowest BCUT2D eigenvalue weighted by molar-refractivity contribution is 0.0750. The second kappa shape index (κ2) is 7.80. The number of halogens is 1. The molecule has 0 saturated carbocycles. The van der Waals surface area contributed by atoms with E-state index in [0.717, 1.165) is 38.8 Å². The number of carbonyl (C=O) groups excluding carboxylic acids is 1. The monoisotopic (exact) mass is 252 g/mol. The highest BCUT2D eigenvalue weighted by Gasteiger charge is 2.15. The predicted molar refractivity (Wildman–Crippen MR) is 69.9 cm³/mol. The maximum absolute atomic E-state index is 13.0. The normalized spacial score (nSPS) is 10.4. The average molecular weight is 252 g/mol. The van der Waals surface area contributed by atoms with Gasteiger partial charge in [-0.15, -0.1) is 0 Å². The van der Waals surface area contributed by atoms with E-state index in [1.165, 1.54) is 12.3 Å². The van der Waals surface area contributed by atoms with Crippen molar-refractivity contribution >= 4 is 5.91 Å². The van der Waals surface area contributed by atoms with Gasteiger partial charge in [0.05, 0.1) is 0 Å². The standard InChI is InChI=1S/C14H21FN2O/c1-3-5-9-17(10-6-4-2)14(18)12-7-8-16-13(15)11-12/h7-8,11H,3-6,9-10H2,1-2H3. The fraction of sp³-hybridized carbons (Fsp3) is 0.571. The van der Waals surface area contributed by atoms with Crippen LogP contribution in [0.4, 0.5) is 4.39 Å². The molecule has 1 heterocycles. The van der Waals surface area contributed by atoms with Crippen LogP contribution in [-0.2, 0) is 0 Å². The number of aromatic nitrogens is 1. The Labute approximate surface area is 108 Å². The van der Waals surface area contributed by atoms with Gasteiger partial charge in [-0.05, 0) is 18.9 Å². The molecule has 0 aromatic carbocycles. The van der Waals surface area contributed by atoms with Crippen molar-refractivity contribution in [2.45, 2.75) is 39.5 Å². The van der Waals surface area contributed by atoms with Crippen LogP contribution in [0.2, 0.25) is 0 Å². The first kappa shape index (κ1) is 14.6. The summed E-state index contributed by atoms with van der Waals surface area (Å²) in [4.78, 5) is 17.5. The highest BCUT2D eigenvalue weighted by molar-refractivity contribution is 5.94. The molecule has 0 aliphatic rings. The number of unbranched alkanes of at least 4 members (excludes halogenated alkanes) is 2. The third-order valence-electron chi connectivity index (χ3n) is 2.82. The summed E-state index contributed by atoms with van der Waals surface area (Å²) in [6, 6.07) is 2.77. The van der Waals surface area contributed by atoms with Crippen LogP contribution in [0.15, 0.2) is 18.3 Å². The lowest BCUT2D eigenvalue weighted by Gasteiger charge is -2.22. The Balaban J connectivity index is 2.73. The summed E-state index contributed by atoms with van der Waals surface area (Å²) in [6.45, 7) is 5.65. The number of hydrogen-bond donors (Lipinski definition) is 0. The van der Waals surface area contributed by atoms with Crippen LogP contribution in [0.25, 0.3) is 0 Å². The maximum atomic E-state index is 13.0. The van der Waals surface area contributed by atoms with Gasteiger partial charge in [0.15, 0.2) is 0 Å². The first-order chi connectivity index (χ1) is 8.69. The van der Waals surface area contributed by atoms with Crippen LogP contribution in [0.3, 0.4) is 0 Å². The molecule has 100 valence electrons. The van der Waals surface area contributed by atoms with Crippen molar-refractivity contribution in [3.63, 3.8) is 0 Å². The third kappa shape index (κ3) is 4.43. The summed E-state index contributed by atoms with van der Waals surface area (Å²) in [5.41, 5.74) is 0.384. The molecule has 0 fully saturated rings. The van der Waals surface area contributed by atoms with E-state index in [4.69, 9.17) is 0 Å². The van der Waals surface area contributed by atoms with E-state index >= 15 is 0 Å². The van der Waals surface area contributed by atoms with Gasteiger partial charge in [-0.1, -0.05) is 26.7 Å². The van der Waals surface area contributed by atoms with E-state index < -0.39 is 5.95 Å². The van der Waals surface area contributed by atoms with Crippen LogP contribution in [-0.4, -0.2) is 28.9 Å². The van der Waals surface area contributed by atoms with Crippen LogP contribution in [0.1, 0.15) is 49.9 Å². The van der Waals surface area contributed by atoms with E-state index in [2.05, 4.69) is 18.8 Å². The van der Waals surface area contributed by atoms with Crippen LogP contribution in [0.5, 0.6) is 0 Å². The molecule has 0 saturated heterocycles. The summed E-state index contributed by atoms with van der Waals surface area (Å²) in [7, 11) is 0. The Morgan fingerprint density at radius 3 is 2.39 bits per heavy atom. The summed E-state index contributed by atoms with van der Waals surface area (Å²) >= 11 is 0. The van der Waals surface area contributed by atoms with Crippen LogP contribution < -0.4 is 0 Å². The van der Waals surface area contributed by atoms with E-state index in [-0.39, 0.29) is 5.91 Å². The molecule has 4 heteroatoms. The van der Waals surface area contributed by atoms with Crippen molar-refractivity contribution in [3.8, 4) is 0 Å². The molecule has 0 atom stereocenters. The molecule has 0 radical (unpaired) electrons. The summed E-state index contributed by atoms with van der Waals surface area (Å²) in [5.74, 6) is -0.704. The van der Waals surface area contributed by atoms with Gasteiger partial charge in [-0.2, -0.15) is 4.39 Å². The van der Waals surface area contributed by atoms with E-state index in [0.29, 0.717) is 5.56 Å². The third-order valence-corrected chi connectivity index (χ3v) is 2.82. The molecule has 0 N–H and O–H groups in total. The molecular weight excluding hydrogens is 231 g/mol. The zero-order chi connectivity index (χ0) is 13.4. The number of nitrogens with zero attached hydrogens (tertiary/aromatic N) is 2. The molecule has 1 aromatic rings. The van der Waals surface area contributed by atoms with Crippen molar-refractivity contribution < 1.29 is 9.18 Å². The number of pyridine rings is 1. The smallest absolute Gasteiger partial charge is 0.254 e. The summed E-state index contributed by atoms with van der Waals surface area (Å²) in [6.07, 6.45) is 5.37. The fourth-order valence-corrected chi connectivity index (χ4v) is 1.73. The van der Waals surface area contributed by atoms with Crippen molar-refractivity contribution in [1.82, 2.24) is 9.88 Å². The highest BCUT2D eigenvalue weighted by atomic mass is 19.1. The first-order valence-corrected chi connectivity index (χ1v) is 6.59. The fourth-order valence-electron chi connectivity index (χ4n) is 1.73. The minimum atomic E-state index is -0.605. The second-order valence-corrected chi connectivity index (χ2v) is 4.37. The molecule has 1 rings (SSSR count). The average Bonchev–Trinajstić information content (AvgIpc) is 2.38. The molecule has 3 nitrogen and oxygen atoms in total. The van der Waals surface area contributed by atoms with Gasteiger partial charge in [0.1, 0.15) is 0 Å². The topological polar surface area (TPSA) is 33.2 Å². The lowest BCUT2D eigenvalue weighted by Crippen LogP contribution is -2.33. The Morgan fingerprint density at radius 1 is 1.28 bits per heavy atom. The largest absolute Gasteiger partial charge is 0.339 e. The maximum Gasteiger partial charge on any atom is 0.254 e. The molecule has 18 heavy (non-hydrogen) atoms. The first-order valence-electron chi connectivity index (χ1n) is 6.59. The predicted octanol–water partition coefficient (Wildman–Crippen LogP) is 3.26. The van der Waals surface area contributed by atoms with Crippen LogP contribution >= 0.6 is 0 Å². The van der Waals surface area contributed by atoms with Gasteiger partial charge in [0, 0.05) is 30.9 Å². The van der Waals surface area contributed by atoms with E-state index in [1.807, 2.05) is 4.90 Å². The van der Waals surface area contributed by atoms with E-state index in [1.54, 1.807) is 6.07 Å². The number of amides is 1. The van der Waals surface area contributed by atoms with Crippen molar-refractivity contribution in [1.29, 1.82) is 0 Å². The lowest BCUT2D eigenvalue weighted by atomic mass is 10.2. The molecule has 1 amide bonds. The molecule has 0 spiro atoms. The van der Waals surface area contributed by atoms with Crippen LogP contribution in [0, 0.1) is 5.95 Å². The Bertz CT molecular complexity index is 374. The molecular formula is C14H21FN2O. The summed E-state index contributed by atoms with van der Waals surface area (Å²) in [5, 5.41) is 0. The van der Waals surface area contributed by atoms with Crippen molar-refractivity contribution in [2.24, 2.45) is 0 Å². The molecule has 0 bridgehead atoms. The molecule has 0 aliphatic carbocycles. The quantitative estimate of drug-likeness (QED) is 0.698. The van der Waals surface area contributed by atoms with Gasteiger partial charge in [0.2, 0.25) is 5.95 Å². The van der Waals surface area contributed by atoms with Gasteiger partial charge in [-0.3, -0.25) is 4.79 Å². The zero-order valence-electron chi connectivity index (χ0n) is 11.2. The van der Waals surface area contributed by atoms with Crippen molar-refractivity contribution in [3.05, 3.63) is 29.8 Å². The molecule has 0 unspecified atom stereocenters. The molecule has 0 aliphatic heterocycles. The minimum Gasteiger partial charge on any atom is -0.339 e. The summed E-state index contributed by atoms with van der Waals surface area (Å²) < 4.78 is 13.0. The second-order valence-electron chi connectivity index (χ2n) is 4.37. The van der Waals surface area contributed by atoms with Gasteiger partial charge in [0.25, 0.3) is 5.91 Å². The highest BCUT2D eigenvalue weighted by Crippen LogP contribution is 2.08. The Kier molecular flexibility index (Phi) is 6.33. The van der Waals surface area contributed by atoms with Gasteiger partial charge < -0.3 is 4.90 Å². The van der Waals surface area contributed by atoms with E-state index in [9.17, 15) is 9.18 Å². The SMILES string of the molecule is CCCCN(CCCC)C(=O)c1ccnc(F)c1. The Morgan fingerprint density at radius 2 is 1.89 bits per heavy atom. The van der Waals surface area contributed by atoms with Gasteiger partial charge in [-0.25, -0.2) is 4.98 Å². The number of rotatable bonds is 7. The zero-order valence-corrected chi connectivity index (χ0v) is 11.2. The van der Waals surface area contributed by atoms with Crippen molar-refractivity contribution in [2.75, 3.05) is 13.1 Å². The number of hydrogen-bond acceptors (Lipinski definition) is 2. The minimum absolute atomic E-state index is 0.0989. The van der Waals surface area contributed by atoms with Gasteiger partial charge >= 0.3 is 0 Å².